The minimum absolute atomic E-state index is 0.0524. The standard InChI is InChI=1S/C13H21N3O3S/c1-5-16(9(2)6-12(17)18)13(19)15(4)7-11-8-20-10(3)14-11/h8-9H,5-7H2,1-4H3,(H,17,18). The van der Waals surface area contributed by atoms with Crippen LogP contribution >= 0.6 is 11.3 Å². The fourth-order valence-corrected chi connectivity index (χ4v) is 2.61. The van der Waals surface area contributed by atoms with Crippen molar-refractivity contribution >= 4 is 23.3 Å². The van der Waals surface area contributed by atoms with Gasteiger partial charge in [-0.1, -0.05) is 0 Å². The van der Waals surface area contributed by atoms with Crippen molar-refractivity contribution in [1.82, 2.24) is 14.8 Å². The maximum absolute atomic E-state index is 12.3. The molecule has 6 nitrogen and oxygen atoms in total. The summed E-state index contributed by atoms with van der Waals surface area (Å²) < 4.78 is 0. The van der Waals surface area contributed by atoms with E-state index in [-0.39, 0.29) is 18.5 Å². The van der Waals surface area contributed by atoms with E-state index in [0.29, 0.717) is 13.1 Å². The van der Waals surface area contributed by atoms with Gasteiger partial charge in [-0.05, 0) is 20.8 Å². The van der Waals surface area contributed by atoms with E-state index in [9.17, 15) is 9.59 Å². The molecule has 112 valence electrons. The van der Waals surface area contributed by atoms with E-state index in [4.69, 9.17) is 5.11 Å². The summed E-state index contributed by atoms with van der Waals surface area (Å²) in [6.07, 6.45) is -0.0524. The lowest BCUT2D eigenvalue weighted by Gasteiger charge is -2.31. The number of carboxylic acids is 1. The Labute approximate surface area is 123 Å². The maximum atomic E-state index is 12.3. The molecule has 0 bridgehead atoms. The first-order valence-corrected chi connectivity index (χ1v) is 7.37. The van der Waals surface area contributed by atoms with Crippen molar-refractivity contribution < 1.29 is 14.7 Å². The summed E-state index contributed by atoms with van der Waals surface area (Å²) in [5, 5.41) is 11.7. The Bertz CT molecular complexity index is 475. The highest BCUT2D eigenvalue weighted by Gasteiger charge is 2.23. The van der Waals surface area contributed by atoms with E-state index in [1.54, 1.807) is 35.1 Å². The molecule has 0 radical (unpaired) electrons. The number of amides is 2. The molecule has 1 aromatic heterocycles. The average Bonchev–Trinajstić information content (AvgIpc) is 2.74. The van der Waals surface area contributed by atoms with Crippen molar-refractivity contribution in [3.05, 3.63) is 16.1 Å². The summed E-state index contributed by atoms with van der Waals surface area (Å²) in [6.45, 7) is 6.42. The van der Waals surface area contributed by atoms with Gasteiger partial charge in [-0.15, -0.1) is 11.3 Å². The van der Waals surface area contributed by atoms with E-state index in [1.807, 2.05) is 19.2 Å². The lowest BCUT2D eigenvalue weighted by atomic mass is 10.2. The molecule has 0 saturated heterocycles. The number of carboxylic acid groups (broad SMARTS) is 1. The largest absolute Gasteiger partial charge is 0.481 e. The van der Waals surface area contributed by atoms with E-state index < -0.39 is 5.97 Å². The molecule has 0 aliphatic rings. The Morgan fingerprint density at radius 2 is 2.15 bits per heavy atom. The second-order valence-electron chi connectivity index (χ2n) is 4.73. The number of rotatable bonds is 6. The number of carbonyl (C=O) groups excluding carboxylic acids is 1. The van der Waals surface area contributed by atoms with Gasteiger partial charge >= 0.3 is 12.0 Å². The van der Waals surface area contributed by atoms with Crippen molar-refractivity contribution in [2.75, 3.05) is 13.6 Å². The fraction of sp³-hybridized carbons (Fsp3) is 0.615. The first-order chi connectivity index (χ1) is 9.35. The normalized spacial score (nSPS) is 12.0. The number of aryl methyl sites for hydroxylation is 1. The Morgan fingerprint density at radius 3 is 2.60 bits per heavy atom. The van der Waals surface area contributed by atoms with Gasteiger partial charge in [-0.2, -0.15) is 0 Å². The van der Waals surface area contributed by atoms with Crippen LogP contribution in [-0.2, 0) is 11.3 Å². The third-order valence-corrected chi connectivity index (χ3v) is 3.80. The zero-order valence-electron chi connectivity index (χ0n) is 12.3. The van der Waals surface area contributed by atoms with Gasteiger partial charge in [-0.3, -0.25) is 4.79 Å². The molecule has 0 aromatic carbocycles. The van der Waals surface area contributed by atoms with Gasteiger partial charge in [0.1, 0.15) is 0 Å². The molecule has 1 heterocycles. The van der Waals surface area contributed by atoms with Crippen molar-refractivity contribution in [2.24, 2.45) is 0 Å². The molecule has 1 atom stereocenters. The molecular formula is C13H21N3O3S. The number of nitrogens with zero attached hydrogens (tertiary/aromatic N) is 3. The molecule has 1 N–H and O–H groups in total. The van der Waals surface area contributed by atoms with Crippen LogP contribution in [0.3, 0.4) is 0 Å². The summed E-state index contributed by atoms with van der Waals surface area (Å²) in [6, 6.07) is -0.503. The predicted octanol–water partition coefficient (Wildman–Crippen LogP) is 2.19. The summed E-state index contributed by atoms with van der Waals surface area (Å²) in [5.74, 6) is -0.901. The van der Waals surface area contributed by atoms with Crippen LogP contribution < -0.4 is 0 Å². The summed E-state index contributed by atoms with van der Waals surface area (Å²) in [4.78, 5) is 30.6. The highest BCUT2D eigenvalue weighted by atomic mass is 32.1. The highest BCUT2D eigenvalue weighted by molar-refractivity contribution is 7.09. The van der Waals surface area contributed by atoms with E-state index in [0.717, 1.165) is 10.7 Å². The maximum Gasteiger partial charge on any atom is 0.320 e. The van der Waals surface area contributed by atoms with Crippen molar-refractivity contribution in [3.63, 3.8) is 0 Å². The van der Waals surface area contributed by atoms with Crippen molar-refractivity contribution in [2.45, 2.75) is 39.8 Å². The van der Waals surface area contributed by atoms with Crippen LogP contribution in [0, 0.1) is 6.92 Å². The molecule has 0 aliphatic carbocycles. The Morgan fingerprint density at radius 1 is 1.50 bits per heavy atom. The van der Waals surface area contributed by atoms with E-state index in [1.165, 1.54) is 0 Å². The quantitative estimate of drug-likeness (QED) is 0.874. The Hall–Kier alpha value is -1.63. The van der Waals surface area contributed by atoms with Gasteiger partial charge in [-0.25, -0.2) is 9.78 Å². The van der Waals surface area contributed by atoms with Gasteiger partial charge in [0.15, 0.2) is 0 Å². The second-order valence-corrected chi connectivity index (χ2v) is 5.79. The molecule has 0 fully saturated rings. The molecule has 1 unspecified atom stereocenters. The van der Waals surface area contributed by atoms with E-state index in [2.05, 4.69) is 4.98 Å². The van der Waals surface area contributed by atoms with Crippen LogP contribution in [-0.4, -0.2) is 51.5 Å². The Balaban J connectivity index is 2.67. The highest BCUT2D eigenvalue weighted by Crippen LogP contribution is 2.12. The molecule has 20 heavy (non-hydrogen) atoms. The van der Waals surface area contributed by atoms with Gasteiger partial charge in [0.2, 0.25) is 0 Å². The smallest absolute Gasteiger partial charge is 0.320 e. The molecule has 0 aliphatic heterocycles. The zero-order valence-corrected chi connectivity index (χ0v) is 13.1. The summed E-state index contributed by atoms with van der Waals surface area (Å²) >= 11 is 1.55. The number of hydrogen-bond acceptors (Lipinski definition) is 4. The van der Waals surface area contributed by atoms with Crippen molar-refractivity contribution in [3.8, 4) is 0 Å². The van der Waals surface area contributed by atoms with Crippen LogP contribution in [0.4, 0.5) is 4.79 Å². The summed E-state index contributed by atoms with van der Waals surface area (Å²) in [5.41, 5.74) is 0.852. The number of carbonyl (C=O) groups is 2. The third-order valence-electron chi connectivity index (χ3n) is 2.98. The molecule has 0 spiro atoms. The second kappa shape index (κ2) is 7.23. The van der Waals surface area contributed by atoms with Crippen LogP contribution in [0.15, 0.2) is 5.38 Å². The lowest BCUT2D eigenvalue weighted by Crippen LogP contribution is -2.46. The number of thiazole rings is 1. The zero-order chi connectivity index (χ0) is 15.3. The number of aliphatic carboxylic acids is 1. The molecular weight excluding hydrogens is 278 g/mol. The molecule has 1 aromatic rings. The monoisotopic (exact) mass is 299 g/mol. The molecule has 2 amide bonds. The van der Waals surface area contributed by atoms with Crippen molar-refractivity contribution in [1.29, 1.82) is 0 Å². The van der Waals surface area contributed by atoms with Gasteiger partial charge in [0.05, 0.1) is 23.7 Å². The SMILES string of the molecule is CCN(C(=O)N(C)Cc1csc(C)n1)C(C)CC(=O)O. The predicted molar refractivity (Wildman–Crippen MR) is 77.8 cm³/mol. The average molecular weight is 299 g/mol. The minimum Gasteiger partial charge on any atom is -0.481 e. The van der Waals surface area contributed by atoms with Crippen LogP contribution in [0.1, 0.15) is 31.0 Å². The fourth-order valence-electron chi connectivity index (χ4n) is 2.01. The van der Waals surface area contributed by atoms with Crippen LogP contribution in [0.2, 0.25) is 0 Å². The Kier molecular flexibility index (Phi) is 5.94. The number of urea groups is 1. The van der Waals surface area contributed by atoms with Gasteiger partial charge in [0, 0.05) is 25.0 Å². The first kappa shape index (κ1) is 16.4. The van der Waals surface area contributed by atoms with Crippen LogP contribution in [0.5, 0.6) is 0 Å². The molecule has 1 rings (SSSR count). The number of aromatic nitrogens is 1. The molecule has 7 heteroatoms. The topological polar surface area (TPSA) is 73.7 Å². The van der Waals surface area contributed by atoms with Crippen LogP contribution in [0.25, 0.3) is 0 Å². The first-order valence-electron chi connectivity index (χ1n) is 6.49. The third kappa shape index (κ3) is 4.48. The minimum atomic E-state index is -0.901. The molecule has 0 saturated carbocycles. The van der Waals surface area contributed by atoms with E-state index >= 15 is 0 Å². The van der Waals surface area contributed by atoms with Gasteiger partial charge < -0.3 is 14.9 Å². The number of hydrogen-bond donors (Lipinski definition) is 1. The lowest BCUT2D eigenvalue weighted by molar-refractivity contribution is -0.138. The summed E-state index contributed by atoms with van der Waals surface area (Å²) in [7, 11) is 1.70. The van der Waals surface area contributed by atoms with Gasteiger partial charge in [0.25, 0.3) is 0 Å².